The zero-order valence-electron chi connectivity index (χ0n) is 17.0. The molecule has 2 fully saturated rings. The monoisotopic (exact) mass is 434 g/mol. The lowest BCUT2D eigenvalue weighted by Crippen LogP contribution is -2.45. The fourth-order valence-corrected chi connectivity index (χ4v) is 4.85. The van der Waals surface area contributed by atoms with Crippen molar-refractivity contribution in [3.8, 4) is 10.6 Å². The topological polar surface area (TPSA) is 116 Å². The Morgan fingerprint density at radius 3 is 2.77 bits per heavy atom. The third-order valence-corrected chi connectivity index (χ3v) is 6.43. The maximum absolute atomic E-state index is 13.0. The van der Waals surface area contributed by atoms with Crippen LogP contribution in [0.3, 0.4) is 0 Å². The molecule has 0 radical (unpaired) electrons. The number of carbonyl (C=O) groups is 3. The predicted molar refractivity (Wildman–Crippen MR) is 111 cm³/mol. The first kappa shape index (κ1) is 22.0. The fourth-order valence-electron chi connectivity index (χ4n) is 4.12. The van der Waals surface area contributed by atoms with Gasteiger partial charge in [-0.15, -0.1) is 11.3 Å². The first-order chi connectivity index (χ1) is 14.4. The van der Waals surface area contributed by atoms with E-state index < -0.39 is 5.41 Å². The van der Waals surface area contributed by atoms with Gasteiger partial charge in [0, 0.05) is 26.1 Å². The van der Waals surface area contributed by atoms with Crippen molar-refractivity contribution in [2.24, 2.45) is 5.41 Å². The summed E-state index contributed by atoms with van der Waals surface area (Å²) in [4.78, 5) is 38.8. The molecule has 4 rings (SSSR count). The molecule has 0 aromatic carbocycles. The van der Waals surface area contributed by atoms with E-state index in [0.717, 1.165) is 23.5 Å². The Bertz CT molecular complexity index is 872. The number of amides is 1. The molecule has 1 spiro atoms. The molecule has 2 saturated heterocycles. The Labute approximate surface area is 178 Å². The quantitative estimate of drug-likeness (QED) is 0.558. The smallest absolute Gasteiger partial charge is 0.312 e. The van der Waals surface area contributed by atoms with Crippen molar-refractivity contribution >= 4 is 29.7 Å². The van der Waals surface area contributed by atoms with E-state index in [-0.39, 0.29) is 24.5 Å². The van der Waals surface area contributed by atoms with E-state index in [2.05, 4.69) is 10.2 Å². The third-order valence-electron chi connectivity index (χ3n) is 5.54. The van der Waals surface area contributed by atoms with Crippen LogP contribution in [0.4, 0.5) is 0 Å². The Kier molecular flexibility index (Phi) is 6.88. The van der Waals surface area contributed by atoms with Crippen molar-refractivity contribution in [2.75, 3.05) is 33.7 Å². The van der Waals surface area contributed by atoms with Crippen molar-refractivity contribution in [3.63, 3.8) is 0 Å². The molecule has 9 nitrogen and oxygen atoms in total. The molecule has 0 aliphatic carbocycles. The van der Waals surface area contributed by atoms with E-state index in [0.29, 0.717) is 31.5 Å². The van der Waals surface area contributed by atoms with E-state index in [1.807, 2.05) is 41.4 Å². The van der Waals surface area contributed by atoms with Gasteiger partial charge >= 0.3 is 5.97 Å². The van der Waals surface area contributed by atoms with Gasteiger partial charge in [-0.2, -0.15) is 5.10 Å². The number of cyclic esters (lactones) is 1. The number of hydrogen-bond donors (Lipinski definition) is 2. The fraction of sp³-hybridized carbons (Fsp3) is 0.500. The molecule has 2 aromatic heterocycles. The van der Waals surface area contributed by atoms with Crippen molar-refractivity contribution < 1.29 is 24.2 Å². The number of hydrogen-bond acceptors (Lipinski definition) is 7. The van der Waals surface area contributed by atoms with E-state index in [4.69, 9.17) is 14.6 Å². The van der Waals surface area contributed by atoms with Gasteiger partial charge in [0.05, 0.1) is 27.7 Å². The number of rotatable bonds is 4. The summed E-state index contributed by atoms with van der Waals surface area (Å²) in [5.41, 5.74) is 0.930. The molecule has 4 heterocycles. The number of likely N-dealkylation sites (tertiary alicyclic amines) is 1. The van der Waals surface area contributed by atoms with E-state index in [9.17, 15) is 9.59 Å². The number of piperidine rings is 1. The lowest BCUT2D eigenvalue weighted by molar-refractivity contribution is -0.150. The number of carbonyl (C=O) groups excluding carboxylic acids is 2. The van der Waals surface area contributed by atoms with Gasteiger partial charge in [-0.3, -0.25) is 19.5 Å². The second kappa shape index (κ2) is 9.40. The van der Waals surface area contributed by atoms with Crippen LogP contribution in [-0.2, 0) is 14.3 Å². The zero-order valence-corrected chi connectivity index (χ0v) is 17.9. The lowest BCUT2D eigenvalue weighted by atomic mass is 9.76. The number of esters is 1. The van der Waals surface area contributed by atoms with Gasteiger partial charge in [0.1, 0.15) is 6.10 Å². The van der Waals surface area contributed by atoms with Gasteiger partial charge in [-0.05, 0) is 38.4 Å². The number of carboxylic acid groups (broad SMARTS) is 1. The maximum atomic E-state index is 13.0. The molecule has 1 amide bonds. The molecule has 2 aliphatic rings. The summed E-state index contributed by atoms with van der Waals surface area (Å²) in [7, 11) is 3.96. The molecule has 2 N–H and O–H groups in total. The average Bonchev–Trinajstić information content (AvgIpc) is 3.43. The number of aromatic nitrogens is 2. The van der Waals surface area contributed by atoms with Gasteiger partial charge in [0.15, 0.2) is 0 Å². The molecule has 30 heavy (non-hydrogen) atoms. The van der Waals surface area contributed by atoms with Crippen LogP contribution in [0.5, 0.6) is 0 Å². The van der Waals surface area contributed by atoms with Crippen molar-refractivity contribution in [1.29, 1.82) is 0 Å². The Morgan fingerprint density at radius 1 is 1.47 bits per heavy atom. The van der Waals surface area contributed by atoms with Gasteiger partial charge in [0.2, 0.25) is 0 Å². The highest BCUT2D eigenvalue weighted by atomic mass is 32.1. The highest BCUT2D eigenvalue weighted by Gasteiger charge is 2.50. The van der Waals surface area contributed by atoms with E-state index in [1.54, 1.807) is 17.5 Å². The molecule has 1 atom stereocenters. The number of aromatic amines is 1. The Hall–Kier alpha value is -2.72. The molecule has 1 unspecified atom stereocenters. The van der Waals surface area contributed by atoms with E-state index >= 15 is 0 Å². The number of thiophene rings is 1. The molecular formula is C20H26N4O5S. The largest absolute Gasteiger partial charge is 0.483 e. The van der Waals surface area contributed by atoms with Crippen molar-refractivity contribution in [2.45, 2.75) is 25.4 Å². The number of ether oxygens (including phenoxy) is 1. The standard InChI is InChI=1S/C19H24N4O3S.CH2O2/c1-22(2)12-13-10-19(18(25)26-13)5-7-23(8-6-19)17(24)14-11-20-21-16(14)15-4-3-9-27-15;2-1-3/h3-4,9,11,13H,5-8,10,12H2,1-2H3,(H,20,21);1H,(H,2,3). The van der Waals surface area contributed by atoms with Gasteiger partial charge in [-0.25, -0.2) is 0 Å². The molecule has 2 aromatic rings. The first-order valence-electron chi connectivity index (χ1n) is 9.70. The van der Waals surface area contributed by atoms with E-state index in [1.165, 1.54) is 0 Å². The summed E-state index contributed by atoms with van der Waals surface area (Å²) < 4.78 is 5.60. The summed E-state index contributed by atoms with van der Waals surface area (Å²) in [5.74, 6) is -0.123. The average molecular weight is 435 g/mol. The number of H-pyrrole nitrogens is 1. The zero-order chi connectivity index (χ0) is 21.7. The minimum Gasteiger partial charge on any atom is -0.483 e. The Morgan fingerprint density at radius 2 is 2.17 bits per heavy atom. The van der Waals surface area contributed by atoms with Gasteiger partial charge < -0.3 is 19.6 Å². The summed E-state index contributed by atoms with van der Waals surface area (Å²) in [6.45, 7) is 1.63. The highest BCUT2D eigenvalue weighted by molar-refractivity contribution is 7.13. The van der Waals surface area contributed by atoms with Crippen LogP contribution in [0.1, 0.15) is 29.6 Å². The van der Waals surface area contributed by atoms with Gasteiger partial charge in [-0.1, -0.05) is 6.07 Å². The predicted octanol–water partition coefficient (Wildman–Crippen LogP) is 1.94. The summed E-state index contributed by atoms with van der Waals surface area (Å²) in [6, 6.07) is 3.93. The SMILES string of the molecule is CN(C)CC1CC2(CCN(C(=O)c3cn[nH]c3-c3cccs3)CC2)C(=O)O1.O=CO. The van der Waals surface area contributed by atoms with Crippen LogP contribution in [-0.4, -0.2) is 83.3 Å². The highest BCUT2D eigenvalue weighted by Crippen LogP contribution is 2.43. The molecule has 0 saturated carbocycles. The molecule has 10 heteroatoms. The minimum atomic E-state index is -0.426. The number of likely N-dealkylation sites (N-methyl/N-ethyl adjacent to an activating group) is 1. The van der Waals surface area contributed by atoms with Crippen LogP contribution in [0.2, 0.25) is 0 Å². The summed E-state index contributed by atoms with van der Waals surface area (Å²) >= 11 is 1.57. The Balaban J connectivity index is 0.000000806. The molecule has 162 valence electrons. The van der Waals surface area contributed by atoms with Crippen molar-refractivity contribution in [3.05, 3.63) is 29.3 Å². The second-order valence-electron chi connectivity index (χ2n) is 7.81. The van der Waals surface area contributed by atoms with Crippen LogP contribution in [0, 0.1) is 5.41 Å². The molecule has 2 aliphatic heterocycles. The number of nitrogens with zero attached hydrogens (tertiary/aromatic N) is 3. The second-order valence-corrected chi connectivity index (χ2v) is 8.76. The van der Waals surface area contributed by atoms with Crippen LogP contribution >= 0.6 is 11.3 Å². The van der Waals surface area contributed by atoms with Crippen LogP contribution in [0.15, 0.2) is 23.7 Å². The molecule has 0 bridgehead atoms. The lowest BCUT2D eigenvalue weighted by Gasteiger charge is -2.36. The first-order valence-corrected chi connectivity index (χ1v) is 10.6. The van der Waals surface area contributed by atoms with Crippen molar-refractivity contribution in [1.82, 2.24) is 20.0 Å². The van der Waals surface area contributed by atoms with Crippen LogP contribution in [0.25, 0.3) is 10.6 Å². The normalized spacial score (nSPS) is 20.0. The van der Waals surface area contributed by atoms with Gasteiger partial charge in [0.25, 0.3) is 12.4 Å². The molecular weight excluding hydrogens is 408 g/mol. The third kappa shape index (κ3) is 4.54. The minimum absolute atomic E-state index is 0.0294. The summed E-state index contributed by atoms with van der Waals surface area (Å²) in [5, 5.41) is 15.9. The number of nitrogens with one attached hydrogen (secondary N) is 1. The maximum Gasteiger partial charge on any atom is 0.312 e. The van der Waals surface area contributed by atoms with Crippen LogP contribution < -0.4 is 0 Å². The summed E-state index contributed by atoms with van der Waals surface area (Å²) in [6.07, 6.45) is 3.62.